The quantitative estimate of drug-likeness (QED) is 0.749. The summed E-state index contributed by atoms with van der Waals surface area (Å²) >= 11 is 0. The van der Waals surface area contributed by atoms with Gasteiger partial charge in [-0.1, -0.05) is 0 Å². The number of likely N-dealkylation sites (tertiary alicyclic amines) is 1. The first kappa shape index (κ1) is 13.9. The lowest BCUT2D eigenvalue weighted by Gasteiger charge is -2.36. The van der Waals surface area contributed by atoms with Crippen LogP contribution in [-0.4, -0.2) is 50.3 Å². The van der Waals surface area contributed by atoms with Crippen LogP contribution in [0.25, 0.3) is 0 Å². The molecule has 0 amide bonds. The Balaban J connectivity index is 2.21. The van der Waals surface area contributed by atoms with Gasteiger partial charge in [-0.3, -0.25) is 0 Å². The normalized spacial score (nSPS) is 24.9. The second-order valence-corrected chi connectivity index (χ2v) is 5.36. The van der Waals surface area contributed by atoms with Crippen molar-refractivity contribution in [2.24, 2.45) is 5.92 Å². The number of hydrogen-bond acceptors (Lipinski definition) is 3. The lowest BCUT2D eigenvalue weighted by Crippen LogP contribution is -2.44. The van der Waals surface area contributed by atoms with E-state index in [1.165, 1.54) is 25.9 Å². The number of hydrogen-bond donors (Lipinski definition) is 1. The highest BCUT2D eigenvalue weighted by atomic mass is 16.5. The number of nitrogens with one attached hydrogen (secondary N) is 1. The van der Waals surface area contributed by atoms with E-state index in [0.29, 0.717) is 12.1 Å². The molecule has 1 rings (SSSR count). The number of nitrogens with zero attached hydrogens (tertiary/aromatic N) is 1. The van der Waals surface area contributed by atoms with Crippen LogP contribution in [0.3, 0.4) is 0 Å². The molecule has 1 aliphatic rings. The summed E-state index contributed by atoms with van der Waals surface area (Å²) in [6, 6.07) is 1.17. The summed E-state index contributed by atoms with van der Waals surface area (Å²) in [5, 5.41) is 3.56. The predicted molar refractivity (Wildman–Crippen MR) is 68.8 cm³/mol. The van der Waals surface area contributed by atoms with E-state index in [9.17, 15) is 0 Å². The van der Waals surface area contributed by atoms with Gasteiger partial charge in [0.15, 0.2) is 0 Å². The van der Waals surface area contributed by atoms with E-state index >= 15 is 0 Å². The number of methoxy groups -OCH3 is 1. The number of piperidine rings is 1. The van der Waals surface area contributed by atoms with Gasteiger partial charge in [0.2, 0.25) is 0 Å². The number of ether oxygens (including phenoxy) is 1. The van der Waals surface area contributed by atoms with Crippen molar-refractivity contribution in [3.8, 4) is 0 Å². The summed E-state index contributed by atoms with van der Waals surface area (Å²) in [6.45, 7) is 11.2. The molecule has 0 aromatic carbocycles. The highest BCUT2D eigenvalue weighted by molar-refractivity contribution is 4.77. The van der Waals surface area contributed by atoms with Gasteiger partial charge < -0.3 is 15.0 Å². The first-order valence-electron chi connectivity index (χ1n) is 6.59. The molecule has 0 aromatic heterocycles. The largest absolute Gasteiger partial charge is 0.383 e. The summed E-state index contributed by atoms with van der Waals surface area (Å²) in [7, 11) is 1.76. The third-order valence-electron chi connectivity index (χ3n) is 3.45. The molecule has 0 aliphatic carbocycles. The van der Waals surface area contributed by atoms with E-state index in [0.717, 1.165) is 19.1 Å². The monoisotopic (exact) mass is 228 g/mol. The van der Waals surface area contributed by atoms with E-state index in [4.69, 9.17) is 4.74 Å². The Morgan fingerprint density at radius 1 is 1.38 bits per heavy atom. The van der Waals surface area contributed by atoms with Crippen LogP contribution >= 0.6 is 0 Å². The summed E-state index contributed by atoms with van der Waals surface area (Å²) in [5.41, 5.74) is 0. The lowest BCUT2D eigenvalue weighted by atomic mass is 9.97. The van der Waals surface area contributed by atoms with E-state index in [1.54, 1.807) is 7.11 Å². The minimum absolute atomic E-state index is 0.472. The summed E-state index contributed by atoms with van der Waals surface area (Å²) in [5.74, 6) is 0.815. The van der Waals surface area contributed by atoms with Crippen molar-refractivity contribution in [1.29, 1.82) is 0 Å². The molecule has 2 atom stereocenters. The maximum atomic E-state index is 5.13. The van der Waals surface area contributed by atoms with Crippen LogP contribution in [0, 0.1) is 5.92 Å². The van der Waals surface area contributed by atoms with E-state index < -0.39 is 0 Å². The van der Waals surface area contributed by atoms with Gasteiger partial charge in [-0.05, 0) is 52.6 Å². The minimum atomic E-state index is 0.472. The zero-order valence-corrected chi connectivity index (χ0v) is 11.3. The fraction of sp³-hybridized carbons (Fsp3) is 1.00. The zero-order chi connectivity index (χ0) is 12.0. The fourth-order valence-electron chi connectivity index (χ4n) is 2.41. The third-order valence-corrected chi connectivity index (χ3v) is 3.45. The molecule has 1 fully saturated rings. The molecular weight excluding hydrogens is 200 g/mol. The Labute approximate surface area is 101 Å². The second kappa shape index (κ2) is 7.25. The molecule has 96 valence electrons. The Hall–Kier alpha value is -0.120. The van der Waals surface area contributed by atoms with Crippen molar-refractivity contribution in [3.63, 3.8) is 0 Å². The number of rotatable bonds is 6. The molecular formula is C13H28N2O. The minimum Gasteiger partial charge on any atom is -0.383 e. The third kappa shape index (κ3) is 4.81. The van der Waals surface area contributed by atoms with Crippen LogP contribution in [0.5, 0.6) is 0 Å². The average molecular weight is 228 g/mol. The standard InChI is InChI=1S/C13H28N2O/c1-11(2)15-7-5-6-13(9-15)8-14-12(3)10-16-4/h11-14H,5-10H2,1-4H3. The molecule has 1 heterocycles. The molecule has 1 saturated heterocycles. The van der Waals surface area contributed by atoms with Crippen LogP contribution in [0.1, 0.15) is 33.6 Å². The van der Waals surface area contributed by atoms with Gasteiger partial charge in [-0.2, -0.15) is 0 Å². The lowest BCUT2D eigenvalue weighted by molar-refractivity contribution is 0.129. The van der Waals surface area contributed by atoms with Crippen molar-refractivity contribution < 1.29 is 4.74 Å². The van der Waals surface area contributed by atoms with Gasteiger partial charge in [0.1, 0.15) is 0 Å². The molecule has 1 N–H and O–H groups in total. The molecule has 0 bridgehead atoms. The molecule has 0 radical (unpaired) electrons. The van der Waals surface area contributed by atoms with Gasteiger partial charge in [-0.15, -0.1) is 0 Å². The first-order valence-corrected chi connectivity index (χ1v) is 6.59. The van der Waals surface area contributed by atoms with Crippen molar-refractivity contribution in [2.75, 3.05) is 33.4 Å². The van der Waals surface area contributed by atoms with E-state index in [-0.39, 0.29) is 0 Å². The maximum absolute atomic E-state index is 5.13. The smallest absolute Gasteiger partial charge is 0.0613 e. The van der Waals surface area contributed by atoms with E-state index in [2.05, 4.69) is 31.0 Å². The van der Waals surface area contributed by atoms with Crippen molar-refractivity contribution in [1.82, 2.24) is 10.2 Å². The molecule has 0 aromatic rings. The summed E-state index contributed by atoms with van der Waals surface area (Å²) in [4.78, 5) is 2.59. The average Bonchev–Trinajstić information content (AvgIpc) is 2.27. The van der Waals surface area contributed by atoms with Crippen LogP contribution in [0.2, 0.25) is 0 Å². The zero-order valence-electron chi connectivity index (χ0n) is 11.3. The molecule has 1 aliphatic heterocycles. The SMILES string of the molecule is COCC(C)NCC1CCCN(C(C)C)C1. The van der Waals surface area contributed by atoms with Crippen molar-refractivity contribution in [3.05, 3.63) is 0 Å². The van der Waals surface area contributed by atoms with Crippen LogP contribution < -0.4 is 5.32 Å². The Morgan fingerprint density at radius 2 is 2.12 bits per heavy atom. The Morgan fingerprint density at radius 3 is 2.75 bits per heavy atom. The molecule has 3 heteroatoms. The maximum Gasteiger partial charge on any atom is 0.0613 e. The van der Waals surface area contributed by atoms with Crippen LogP contribution in [0.15, 0.2) is 0 Å². The molecule has 0 spiro atoms. The Bertz CT molecular complexity index is 185. The molecule has 2 unspecified atom stereocenters. The highest BCUT2D eigenvalue weighted by Gasteiger charge is 2.21. The predicted octanol–water partition coefficient (Wildman–Crippen LogP) is 1.73. The van der Waals surface area contributed by atoms with Gasteiger partial charge >= 0.3 is 0 Å². The topological polar surface area (TPSA) is 24.5 Å². The second-order valence-electron chi connectivity index (χ2n) is 5.36. The van der Waals surface area contributed by atoms with E-state index in [1.807, 2.05) is 0 Å². The van der Waals surface area contributed by atoms with Gasteiger partial charge in [0, 0.05) is 25.7 Å². The van der Waals surface area contributed by atoms with Crippen LogP contribution in [0.4, 0.5) is 0 Å². The Kier molecular flexibility index (Phi) is 6.32. The van der Waals surface area contributed by atoms with Gasteiger partial charge in [-0.25, -0.2) is 0 Å². The van der Waals surface area contributed by atoms with Crippen molar-refractivity contribution in [2.45, 2.75) is 45.7 Å². The summed E-state index contributed by atoms with van der Waals surface area (Å²) < 4.78 is 5.13. The van der Waals surface area contributed by atoms with Gasteiger partial charge in [0.05, 0.1) is 6.61 Å². The molecule has 16 heavy (non-hydrogen) atoms. The fourth-order valence-corrected chi connectivity index (χ4v) is 2.41. The van der Waals surface area contributed by atoms with Crippen LogP contribution in [-0.2, 0) is 4.74 Å². The van der Waals surface area contributed by atoms with Crippen molar-refractivity contribution >= 4 is 0 Å². The van der Waals surface area contributed by atoms with Gasteiger partial charge in [0.25, 0.3) is 0 Å². The summed E-state index contributed by atoms with van der Waals surface area (Å²) in [6.07, 6.45) is 2.72. The molecule has 3 nitrogen and oxygen atoms in total. The first-order chi connectivity index (χ1) is 7.63. The molecule has 0 saturated carbocycles. The highest BCUT2D eigenvalue weighted by Crippen LogP contribution is 2.17.